The molecule has 0 bridgehead atoms. The van der Waals surface area contributed by atoms with E-state index in [1.165, 1.54) is 84.2 Å². The molecule has 1 unspecified atom stereocenters. The van der Waals surface area contributed by atoms with Crippen molar-refractivity contribution in [2.45, 2.75) is 97.3 Å². The number of hydroxylamine groups is 2. The van der Waals surface area contributed by atoms with E-state index in [2.05, 4.69) is 18.7 Å². The molecule has 0 radical (unpaired) electrons. The Hall–Kier alpha value is -0.120. The summed E-state index contributed by atoms with van der Waals surface area (Å²) in [4.78, 5) is 4.63. The van der Waals surface area contributed by atoms with E-state index >= 15 is 0 Å². The van der Waals surface area contributed by atoms with Crippen molar-refractivity contribution in [1.29, 1.82) is 0 Å². The molecule has 0 aromatic rings. The van der Waals surface area contributed by atoms with Crippen LogP contribution in [-0.4, -0.2) is 13.7 Å². The normalized spacial score (nSPS) is 13.0. The van der Waals surface area contributed by atoms with Crippen LogP contribution in [0, 0.1) is 11.1 Å². The molecule has 0 saturated carbocycles. The first kappa shape index (κ1) is 20.9. The molecule has 3 heteroatoms. The van der Waals surface area contributed by atoms with E-state index in [9.17, 15) is 5.21 Å². The lowest BCUT2D eigenvalue weighted by molar-refractivity contribution is -1.05. The molecule has 0 fully saturated rings. The lowest BCUT2D eigenvalue weighted by Gasteiger charge is -2.16. The lowest BCUT2D eigenvalue weighted by Crippen LogP contribution is -3.05. The highest BCUT2D eigenvalue weighted by Crippen LogP contribution is 2.13. The summed E-state index contributed by atoms with van der Waals surface area (Å²) in [6, 6.07) is 0. The Morgan fingerprint density at radius 3 is 1.48 bits per heavy atom. The molecule has 0 spiro atoms. The van der Waals surface area contributed by atoms with Crippen LogP contribution in [0.3, 0.4) is 0 Å². The summed E-state index contributed by atoms with van der Waals surface area (Å²) in [6.07, 6.45) is 17.5. The van der Waals surface area contributed by atoms with Gasteiger partial charge in [-0.15, -0.1) is 0 Å². The molecule has 1 N–H and O–H groups in total. The monoisotopic (exact) mass is 301 g/mol. The number of hydrogen-bond donors (Lipinski definition) is 1. The van der Waals surface area contributed by atoms with Crippen molar-refractivity contribution in [2.75, 3.05) is 13.7 Å². The van der Waals surface area contributed by atoms with Crippen molar-refractivity contribution in [3.8, 4) is 0 Å². The van der Waals surface area contributed by atoms with Crippen LogP contribution in [0.1, 0.15) is 97.3 Å². The van der Waals surface area contributed by atoms with E-state index in [4.69, 9.17) is 0 Å². The highest BCUT2D eigenvalue weighted by Gasteiger charge is 1.97. The van der Waals surface area contributed by atoms with Crippen molar-refractivity contribution < 1.29 is 10.1 Å². The first-order valence-electron chi connectivity index (χ1n) is 9.23. The number of nitrogens with one attached hydrogen (secondary N) is 1. The van der Waals surface area contributed by atoms with Crippen molar-refractivity contribution in [3.63, 3.8) is 0 Å². The maximum absolute atomic E-state index is 10.9. The zero-order valence-electron chi connectivity index (χ0n) is 14.8. The molecule has 0 aliphatic heterocycles. The van der Waals surface area contributed by atoms with Crippen LogP contribution in [0.15, 0.2) is 0 Å². The molecule has 0 saturated heterocycles. The van der Waals surface area contributed by atoms with E-state index in [1.54, 1.807) is 0 Å². The maximum Gasteiger partial charge on any atom is 0.107 e. The van der Waals surface area contributed by atoms with E-state index in [-0.39, 0.29) is 5.23 Å². The van der Waals surface area contributed by atoms with Gasteiger partial charge in [0.05, 0.1) is 7.11 Å². The summed E-state index contributed by atoms with van der Waals surface area (Å²) in [6.45, 7) is 5.22. The summed E-state index contributed by atoms with van der Waals surface area (Å²) < 4.78 is 0. The molecule has 0 amide bonds. The molecule has 0 aliphatic carbocycles. The highest BCUT2D eigenvalue weighted by molar-refractivity contribution is 4.50. The van der Waals surface area contributed by atoms with Gasteiger partial charge in [-0.05, 0) is 18.8 Å². The average Bonchev–Trinajstić information content (AvgIpc) is 2.46. The second kappa shape index (κ2) is 16.3. The SMILES string of the molecule is CO[NH+]([O-])CCCCCCCCCCCCCCC(C)C. The third-order valence-electron chi connectivity index (χ3n) is 4.14. The van der Waals surface area contributed by atoms with Gasteiger partial charge in [-0.1, -0.05) is 84.5 Å². The van der Waals surface area contributed by atoms with Gasteiger partial charge in [0.15, 0.2) is 0 Å². The van der Waals surface area contributed by atoms with Gasteiger partial charge in [-0.25, -0.2) is 10.1 Å². The van der Waals surface area contributed by atoms with E-state index in [1.807, 2.05) is 0 Å². The van der Waals surface area contributed by atoms with Gasteiger partial charge in [-0.3, -0.25) is 0 Å². The van der Waals surface area contributed by atoms with Crippen molar-refractivity contribution >= 4 is 0 Å². The zero-order valence-corrected chi connectivity index (χ0v) is 14.8. The molecule has 1 atom stereocenters. The molecular weight excluding hydrogens is 262 g/mol. The highest BCUT2D eigenvalue weighted by atomic mass is 16.9. The predicted molar refractivity (Wildman–Crippen MR) is 91.1 cm³/mol. The van der Waals surface area contributed by atoms with E-state index in [0.717, 1.165) is 12.3 Å². The van der Waals surface area contributed by atoms with Gasteiger partial charge < -0.3 is 5.21 Å². The molecule has 0 heterocycles. The molecule has 21 heavy (non-hydrogen) atoms. The van der Waals surface area contributed by atoms with Crippen molar-refractivity contribution in [1.82, 2.24) is 0 Å². The topological polar surface area (TPSA) is 36.7 Å². The molecular formula is C18H39NO2. The standard InChI is InChI=1S/C18H39NO2/c1-18(2)16-14-12-10-8-6-4-5-7-9-11-13-15-17-19(20)21-3/h18-19H,4-17H2,1-3H3. The number of hydrogen-bond acceptors (Lipinski definition) is 2. The Morgan fingerprint density at radius 1 is 0.714 bits per heavy atom. The minimum atomic E-state index is -0.0663. The van der Waals surface area contributed by atoms with Crippen LogP contribution in [0.2, 0.25) is 0 Å². The van der Waals surface area contributed by atoms with E-state index in [0.29, 0.717) is 6.54 Å². The Balaban J connectivity index is 2.99. The second-order valence-electron chi connectivity index (χ2n) is 6.75. The largest absolute Gasteiger partial charge is 0.600 e. The number of unbranched alkanes of at least 4 members (excludes halogenated alkanes) is 11. The quantitative estimate of drug-likeness (QED) is 0.332. The molecule has 0 aliphatic rings. The minimum absolute atomic E-state index is 0.0663. The Morgan fingerprint density at radius 2 is 1.10 bits per heavy atom. The Kier molecular flexibility index (Phi) is 16.2. The van der Waals surface area contributed by atoms with Crippen LogP contribution < -0.4 is 5.23 Å². The number of rotatable bonds is 16. The lowest BCUT2D eigenvalue weighted by atomic mass is 10.0. The second-order valence-corrected chi connectivity index (χ2v) is 6.75. The van der Waals surface area contributed by atoms with Crippen molar-refractivity contribution in [2.24, 2.45) is 5.92 Å². The summed E-state index contributed by atoms with van der Waals surface area (Å²) in [5.74, 6) is 0.873. The first-order chi connectivity index (χ1) is 10.2. The fourth-order valence-electron chi connectivity index (χ4n) is 2.69. The van der Waals surface area contributed by atoms with E-state index < -0.39 is 0 Å². The third kappa shape index (κ3) is 17.8. The minimum Gasteiger partial charge on any atom is -0.600 e. The van der Waals surface area contributed by atoms with Crippen LogP contribution in [0.5, 0.6) is 0 Å². The smallest absolute Gasteiger partial charge is 0.107 e. The Labute approximate surface area is 133 Å². The fraction of sp³-hybridized carbons (Fsp3) is 1.00. The molecule has 128 valence electrons. The number of quaternary nitrogens is 1. The van der Waals surface area contributed by atoms with Gasteiger partial charge in [0.1, 0.15) is 6.54 Å². The summed E-state index contributed by atoms with van der Waals surface area (Å²) in [5.41, 5.74) is 0. The molecule has 0 aromatic heterocycles. The first-order valence-corrected chi connectivity index (χ1v) is 9.23. The molecule has 0 aromatic carbocycles. The van der Waals surface area contributed by atoms with Crippen LogP contribution >= 0.6 is 0 Å². The molecule has 3 nitrogen and oxygen atoms in total. The third-order valence-corrected chi connectivity index (χ3v) is 4.14. The van der Waals surface area contributed by atoms with Crippen LogP contribution in [0.25, 0.3) is 0 Å². The van der Waals surface area contributed by atoms with Gasteiger partial charge >= 0.3 is 0 Å². The zero-order chi connectivity index (χ0) is 15.8. The van der Waals surface area contributed by atoms with Crippen LogP contribution in [0.4, 0.5) is 0 Å². The Bertz CT molecular complexity index is 198. The summed E-state index contributed by atoms with van der Waals surface area (Å²) >= 11 is 0. The fourth-order valence-corrected chi connectivity index (χ4v) is 2.69. The van der Waals surface area contributed by atoms with Crippen LogP contribution in [-0.2, 0) is 4.84 Å². The molecule has 0 rings (SSSR count). The van der Waals surface area contributed by atoms with Crippen molar-refractivity contribution in [3.05, 3.63) is 5.21 Å². The summed E-state index contributed by atoms with van der Waals surface area (Å²) in [5, 5.41) is 10.9. The maximum atomic E-state index is 10.9. The summed E-state index contributed by atoms with van der Waals surface area (Å²) in [7, 11) is 1.46. The average molecular weight is 302 g/mol. The predicted octanol–water partition coefficient (Wildman–Crippen LogP) is 4.66. The van der Waals surface area contributed by atoms with Gasteiger partial charge in [0.2, 0.25) is 0 Å². The van der Waals surface area contributed by atoms with Gasteiger partial charge in [0, 0.05) is 0 Å². The van der Waals surface area contributed by atoms with Gasteiger partial charge in [0.25, 0.3) is 0 Å². The van der Waals surface area contributed by atoms with Gasteiger partial charge in [-0.2, -0.15) is 0 Å².